The first kappa shape index (κ1) is 12.6. The first-order valence-corrected chi connectivity index (χ1v) is 5.32. The van der Waals surface area contributed by atoms with E-state index in [2.05, 4.69) is 15.5 Å². The zero-order valence-corrected chi connectivity index (χ0v) is 9.82. The second-order valence-electron chi connectivity index (χ2n) is 3.41. The monoisotopic (exact) mass is 227 g/mol. The third kappa shape index (κ3) is 3.98. The summed E-state index contributed by atoms with van der Waals surface area (Å²) in [6.07, 6.45) is 0.602. The predicted octanol–water partition coefficient (Wildman–Crippen LogP) is 0.462. The molecule has 0 amide bonds. The van der Waals surface area contributed by atoms with Crippen molar-refractivity contribution in [2.75, 3.05) is 13.2 Å². The molecule has 0 bridgehead atoms. The number of rotatable bonds is 6. The fourth-order valence-corrected chi connectivity index (χ4v) is 1.19. The van der Waals surface area contributed by atoms with Gasteiger partial charge >= 0.3 is 5.97 Å². The van der Waals surface area contributed by atoms with Crippen LogP contribution in [0.2, 0.25) is 0 Å². The van der Waals surface area contributed by atoms with Gasteiger partial charge in [0.05, 0.1) is 6.61 Å². The van der Waals surface area contributed by atoms with Crippen LogP contribution < -0.4 is 5.32 Å². The van der Waals surface area contributed by atoms with E-state index in [0.29, 0.717) is 31.3 Å². The van der Waals surface area contributed by atoms with Crippen LogP contribution in [-0.2, 0) is 16.0 Å². The minimum absolute atomic E-state index is 0.246. The Labute approximate surface area is 94.4 Å². The number of nitrogens with one attached hydrogen (secondary N) is 1. The molecular formula is C10H17N3O3. The Bertz CT molecular complexity index is 338. The topological polar surface area (TPSA) is 77.2 Å². The molecule has 0 aliphatic carbocycles. The third-order valence-electron chi connectivity index (χ3n) is 2.00. The third-order valence-corrected chi connectivity index (χ3v) is 2.00. The molecule has 1 N–H and O–H groups in total. The van der Waals surface area contributed by atoms with Crippen LogP contribution in [-0.4, -0.2) is 35.3 Å². The number of ether oxygens (including phenoxy) is 1. The largest absolute Gasteiger partial charge is 0.465 e. The van der Waals surface area contributed by atoms with Crippen molar-refractivity contribution in [1.82, 2.24) is 15.5 Å². The van der Waals surface area contributed by atoms with Crippen molar-refractivity contribution in [2.24, 2.45) is 0 Å². The first-order valence-electron chi connectivity index (χ1n) is 5.32. The Kier molecular flexibility index (Phi) is 4.91. The number of hydrogen-bond donors (Lipinski definition) is 1. The van der Waals surface area contributed by atoms with E-state index in [9.17, 15) is 4.79 Å². The fraction of sp³-hybridized carbons (Fsp3) is 0.700. The molecule has 1 atom stereocenters. The Balaban J connectivity index is 2.22. The Hall–Kier alpha value is -1.43. The van der Waals surface area contributed by atoms with E-state index in [-0.39, 0.29) is 12.0 Å². The number of aromatic nitrogens is 2. The normalized spacial score (nSPS) is 12.4. The molecule has 16 heavy (non-hydrogen) atoms. The molecule has 0 saturated carbocycles. The Morgan fingerprint density at radius 1 is 1.62 bits per heavy atom. The molecule has 6 nitrogen and oxygen atoms in total. The Morgan fingerprint density at radius 2 is 2.38 bits per heavy atom. The van der Waals surface area contributed by atoms with E-state index >= 15 is 0 Å². The lowest BCUT2D eigenvalue weighted by molar-refractivity contribution is -0.145. The zero-order valence-electron chi connectivity index (χ0n) is 9.82. The van der Waals surface area contributed by atoms with Gasteiger partial charge in [0.2, 0.25) is 5.89 Å². The molecule has 0 aliphatic heterocycles. The van der Waals surface area contributed by atoms with E-state index in [1.165, 1.54) is 0 Å². The van der Waals surface area contributed by atoms with Crippen molar-refractivity contribution >= 4 is 5.97 Å². The van der Waals surface area contributed by atoms with Gasteiger partial charge in [-0.3, -0.25) is 4.79 Å². The van der Waals surface area contributed by atoms with Gasteiger partial charge in [0.1, 0.15) is 6.04 Å². The number of nitrogens with zero attached hydrogens (tertiary/aromatic N) is 2. The van der Waals surface area contributed by atoms with E-state index < -0.39 is 0 Å². The average molecular weight is 227 g/mol. The molecule has 0 saturated heterocycles. The minimum Gasteiger partial charge on any atom is -0.465 e. The predicted molar refractivity (Wildman–Crippen MR) is 56.8 cm³/mol. The molecule has 1 aromatic heterocycles. The van der Waals surface area contributed by atoms with E-state index in [4.69, 9.17) is 9.26 Å². The molecule has 0 radical (unpaired) electrons. The van der Waals surface area contributed by atoms with Gasteiger partial charge in [-0.05, 0) is 20.8 Å². The second-order valence-corrected chi connectivity index (χ2v) is 3.41. The summed E-state index contributed by atoms with van der Waals surface area (Å²) < 4.78 is 9.79. The molecule has 0 fully saturated rings. The summed E-state index contributed by atoms with van der Waals surface area (Å²) in [4.78, 5) is 15.3. The molecule has 1 heterocycles. The molecule has 0 aliphatic rings. The lowest BCUT2D eigenvalue weighted by atomic mass is 10.3. The van der Waals surface area contributed by atoms with Gasteiger partial charge in [-0.1, -0.05) is 5.16 Å². The number of carbonyl (C=O) groups is 1. The highest BCUT2D eigenvalue weighted by Crippen LogP contribution is 1.96. The summed E-state index contributed by atoms with van der Waals surface area (Å²) in [7, 11) is 0. The van der Waals surface area contributed by atoms with Crippen molar-refractivity contribution in [3.63, 3.8) is 0 Å². The number of carbonyl (C=O) groups excluding carboxylic acids is 1. The van der Waals surface area contributed by atoms with Crippen LogP contribution in [0.5, 0.6) is 0 Å². The highest BCUT2D eigenvalue weighted by molar-refractivity contribution is 5.75. The van der Waals surface area contributed by atoms with Crippen LogP contribution in [0, 0.1) is 6.92 Å². The van der Waals surface area contributed by atoms with E-state index in [0.717, 1.165) is 0 Å². The van der Waals surface area contributed by atoms with Gasteiger partial charge in [0.25, 0.3) is 0 Å². The summed E-state index contributed by atoms with van der Waals surface area (Å²) in [6.45, 7) is 6.31. The van der Waals surface area contributed by atoms with Crippen molar-refractivity contribution in [3.05, 3.63) is 11.7 Å². The molecule has 1 rings (SSSR count). The van der Waals surface area contributed by atoms with Crippen molar-refractivity contribution in [1.29, 1.82) is 0 Å². The molecule has 6 heteroatoms. The van der Waals surface area contributed by atoms with Gasteiger partial charge in [0.15, 0.2) is 5.82 Å². The molecule has 0 spiro atoms. The molecular weight excluding hydrogens is 210 g/mol. The maximum absolute atomic E-state index is 11.3. The SMILES string of the molecule is CCOC(=O)C(C)NCCc1nc(C)no1. The van der Waals surface area contributed by atoms with Gasteiger partial charge < -0.3 is 14.6 Å². The lowest BCUT2D eigenvalue weighted by Gasteiger charge is -2.11. The second kappa shape index (κ2) is 6.22. The summed E-state index contributed by atoms with van der Waals surface area (Å²) in [5, 5.41) is 6.70. The first-order chi connectivity index (χ1) is 7.63. The summed E-state index contributed by atoms with van der Waals surface area (Å²) in [6, 6.07) is -0.316. The van der Waals surface area contributed by atoms with E-state index in [1.807, 2.05) is 0 Å². The fourth-order valence-electron chi connectivity index (χ4n) is 1.19. The average Bonchev–Trinajstić information content (AvgIpc) is 2.64. The zero-order chi connectivity index (χ0) is 12.0. The highest BCUT2D eigenvalue weighted by Gasteiger charge is 2.13. The Morgan fingerprint density at radius 3 is 2.94 bits per heavy atom. The number of hydrogen-bond acceptors (Lipinski definition) is 6. The summed E-state index contributed by atoms with van der Waals surface area (Å²) in [5.41, 5.74) is 0. The summed E-state index contributed by atoms with van der Waals surface area (Å²) >= 11 is 0. The minimum atomic E-state index is -0.316. The van der Waals surface area contributed by atoms with Crippen LogP contribution >= 0.6 is 0 Å². The van der Waals surface area contributed by atoms with Gasteiger partial charge in [-0.15, -0.1) is 0 Å². The standard InChI is InChI=1S/C10H17N3O3/c1-4-15-10(14)7(2)11-6-5-9-12-8(3)13-16-9/h7,11H,4-6H2,1-3H3. The van der Waals surface area contributed by atoms with Gasteiger partial charge in [0, 0.05) is 13.0 Å². The number of aryl methyl sites for hydroxylation is 1. The quantitative estimate of drug-likeness (QED) is 0.711. The van der Waals surface area contributed by atoms with Crippen molar-refractivity contribution < 1.29 is 14.1 Å². The molecule has 90 valence electrons. The van der Waals surface area contributed by atoms with E-state index in [1.54, 1.807) is 20.8 Å². The van der Waals surface area contributed by atoms with Crippen LogP contribution in [0.3, 0.4) is 0 Å². The smallest absolute Gasteiger partial charge is 0.322 e. The van der Waals surface area contributed by atoms with Gasteiger partial charge in [-0.25, -0.2) is 0 Å². The highest BCUT2D eigenvalue weighted by atomic mass is 16.5. The van der Waals surface area contributed by atoms with Crippen LogP contribution in [0.15, 0.2) is 4.52 Å². The number of esters is 1. The molecule has 1 unspecified atom stereocenters. The van der Waals surface area contributed by atoms with Gasteiger partial charge in [-0.2, -0.15) is 4.98 Å². The molecule has 1 aromatic rings. The lowest BCUT2D eigenvalue weighted by Crippen LogP contribution is -2.36. The summed E-state index contributed by atoms with van der Waals surface area (Å²) in [5.74, 6) is 0.943. The van der Waals surface area contributed by atoms with Crippen LogP contribution in [0.1, 0.15) is 25.6 Å². The molecule has 0 aromatic carbocycles. The van der Waals surface area contributed by atoms with Crippen LogP contribution in [0.25, 0.3) is 0 Å². The van der Waals surface area contributed by atoms with Crippen molar-refractivity contribution in [2.45, 2.75) is 33.2 Å². The van der Waals surface area contributed by atoms with Crippen LogP contribution in [0.4, 0.5) is 0 Å². The van der Waals surface area contributed by atoms with Crippen molar-refractivity contribution in [3.8, 4) is 0 Å². The maximum atomic E-state index is 11.3. The maximum Gasteiger partial charge on any atom is 0.322 e.